The number of rotatable bonds is 2. The first-order chi connectivity index (χ1) is 12.7. The van der Waals surface area contributed by atoms with Crippen molar-refractivity contribution in [2.75, 3.05) is 14.2 Å². The minimum Gasteiger partial charge on any atom is -0.497 e. The monoisotopic (exact) mass is 482 g/mol. The van der Waals surface area contributed by atoms with Gasteiger partial charge in [0.2, 0.25) is 0 Å². The second-order valence-corrected chi connectivity index (χ2v) is 11.8. The van der Waals surface area contributed by atoms with E-state index in [1.807, 2.05) is 7.11 Å². The summed E-state index contributed by atoms with van der Waals surface area (Å²) in [6.07, 6.45) is 7.81. The molecule has 3 aliphatic carbocycles. The predicted molar refractivity (Wildman–Crippen MR) is 120 cm³/mol. The Morgan fingerprint density at radius 1 is 0.926 bits per heavy atom. The maximum Gasteiger partial charge on any atom is 0.126 e. The van der Waals surface area contributed by atoms with Crippen LogP contribution in [0.2, 0.25) is 0 Å². The fourth-order valence-electron chi connectivity index (χ4n) is 7.53. The fraction of sp³-hybridized carbons (Fsp3) is 0.750. The van der Waals surface area contributed by atoms with Crippen molar-refractivity contribution in [1.82, 2.24) is 0 Å². The Kier molecular flexibility index (Phi) is 4.80. The number of fused-ring (bicyclic) bond motifs is 5. The average molecular weight is 482 g/mol. The van der Waals surface area contributed by atoms with Crippen LogP contribution < -0.4 is 9.47 Å². The minimum atomic E-state index is 0.213. The third-order valence-electron chi connectivity index (χ3n) is 8.84. The van der Waals surface area contributed by atoms with Gasteiger partial charge in [0.15, 0.2) is 0 Å². The maximum absolute atomic E-state index is 5.92. The molecule has 150 valence electrons. The molecule has 1 aromatic carbocycles. The van der Waals surface area contributed by atoms with Crippen LogP contribution in [0.3, 0.4) is 0 Å². The van der Waals surface area contributed by atoms with Gasteiger partial charge in [-0.15, -0.1) is 0 Å². The molecule has 2 nitrogen and oxygen atoms in total. The van der Waals surface area contributed by atoms with Gasteiger partial charge >= 0.3 is 0 Å². The maximum atomic E-state index is 5.92. The molecule has 0 saturated heterocycles. The molecule has 0 aromatic heterocycles. The number of hydrogen-bond donors (Lipinski definition) is 0. The van der Waals surface area contributed by atoms with E-state index in [0.29, 0.717) is 10.8 Å². The van der Waals surface area contributed by atoms with E-state index in [1.165, 1.54) is 43.2 Å². The number of halogens is 1. The molecule has 0 amide bonds. The summed E-state index contributed by atoms with van der Waals surface area (Å²) in [6, 6.07) is 4.37. The molecule has 2 saturated carbocycles. The van der Waals surface area contributed by atoms with Crippen molar-refractivity contribution >= 4 is 22.6 Å². The van der Waals surface area contributed by atoms with Crippen LogP contribution in [-0.4, -0.2) is 18.1 Å². The first-order valence-electron chi connectivity index (χ1n) is 10.6. The smallest absolute Gasteiger partial charge is 0.126 e. The lowest BCUT2D eigenvalue weighted by Gasteiger charge is -2.65. The molecule has 4 rings (SSSR count). The van der Waals surface area contributed by atoms with Gasteiger partial charge < -0.3 is 9.47 Å². The summed E-state index contributed by atoms with van der Waals surface area (Å²) in [7, 11) is 3.57. The van der Waals surface area contributed by atoms with Gasteiger partial charge in [0, 0.05) is 15.6 Å². The van der Waals surface area contributed by atoms with Crippen molar-refractivity contribution in [2.24, 2.45) is 22.7 Å². The standard InChI is InChI=1S/C24H35IO2/c1-22(2)18-9-11-24(4)19(23(18,3)12-10-20(22)25)8-7-15-13-16(26-5)14-17(27-6)21(15)24/h13-14,18-20H,7-12H2,1-6H3/t18-,19?,20-,23-,24+/m0/s1. The third-order valence-corrected chi connectivity index (χ3v) is 11.1. The zero-order chi connectivity index (χ0) is 19.6. The molecule has 0 radical (unpaired) electrons. The summed E-state index contributed by atoms with van der Waals surface area (Å²) in [5, 5.41) is 0. The highest BCUT2D eigenvalue weighted by Gasteiger charge is 2.61. The van der Waals surface area contributed by atoms with Crippen molar-refractivity contribution in [3.8, 4) is 11.5 Å². The number of hydrogen-bond acceptors (Lipinski definition) is 2. The Bertz CT molecular complexity index is 725. The molecule has 0 bridgehead atoms. The first-order valence-corrected chi connectivity index (χ1v) is 11.8. The van der Waals surface area contributed by atoms with E-state index in [4.69, 9.17) is 9.47 Å². The Morgan fingerprint density at radius 3 is 2.33 bits per heavy atom. The highest BCUT2D eigenvalue weighted by Crippen LogP contribution is 2.68. The largest absolute Gasteiger partial charge is 0.497 e. The van der Waals surface area contributed by atoms with Crippen LogP contribution in [0, 0.1) is 22.7 Å². The molecule has 27 heavy (non-hydrogen) atoms. The van der Waals surface area contributed by atoms with Crippen LogP contribution in [0.5, 0.6) is 11.5 Å². The van der Waals surface area contributed by atoms with Crippen LogP contribution in [0.1, 0.15) is 70.9 Å². The van der Waals surface area contributed by atoms with Crippen molar-refractivity contribution in [3.63, 3.8) is 0 Å². The summed E-state index contributed by atoms with van der Waals surface area (Å²) in [5.41, 5.74) is 4.01. The van der Waals surface area contributed by atoms with Crippen LogP contribution in [0.15, 0.2) is 12.1 Å². The van der Waals surface area contributed by atoms with Crippen molar-refractivity contribution < 1.29 is 9.47 Å². The van der Waals surface area contributed by atoms with Crippen LogP contribution >= 0.6 is 22.6 Å². The molecule has 0 N–H and O–H groups in total. The van der Waals surface area contributed by atoms with Crippen LogP contribution in [0.25, 0.3) is 0 Å². The van der Waals surface area contributed by atoms with Gasteiger partial charge in [0.25, 0.3) is 0 Å². The summed E-state index contributed by atoms with van der Waals surface area (Å²) in [4.78, 5) is 0. The van der Waals surface area contributed by atoms with E-state index in [9.17, 15) is 0 Å². The predicted octanol–water partition coefficient (Wildman–Crippen LogP) is 6.56. The van der Waals surface area contributed by atoms with E-state index in [2.05, 4.69) is 62.4 Å². The zero-order valence-electron chi connectivity index (χ0n) is 17.8. The van der Waals surface area contributed by atoms with Crippen LogP contribution in [-0.2, 0) is 11.8 Å². The lowest BCUT2D eigenvalue weighted by molar-refractivity contribution is -0.105. The quantitative estimate of drug-likeness (QED) is 0.351. The Balaban J connectivity index is 1.83. The van der Waals surface area contributed by atoms with Gasteiger partial charge in [-0.25, -0.2) is 0 Å². The van der Waals surface area contributed by atoms with E-state index in [1.54, 1.807) is 7.11 Å². The Labute approximate surface area is 178 Å². The lowest BCUT2D eigenvalue weighted by atomic mass is 9.40. The van der Waals surface area contributed by atoms with Gasteiger partial charge in [0.1, 0.15) is 11.5 Å². The van der Waals surface area contributed by atoms with Crippen LogP contribution in [0.4, 0.5) is 0 Å². The molecule has 0 spiro atoms. The highest BCUT2D eigenvalue weighted by atomic mass is 127. The number of aryl methyl sites for hydroxylation is 1. The van der Waals surface area contributed by atoms with Gasteiger partial charge in [0.05, 0.1) is 14.2 Å². The van der Waals surface area contributed by atoms with Crippen molar-refractivity contribution in [3.05, 3.63) is 23.3 Å². The average Bonchev–Trinajstić information content (AvgIpc) is 2.63. The van der Waals surface area contributed by atoms with Crippen molar-refractivity contribution in [1.29, 1.82) is 0 Å². The second kappa shape index (κ2) is 6.53. The molecule has 3 heteroatoms. The molecule has 2 fully saturated rings. The Hall–Kier alpha value is -0.450. The molecule has 5 atom stereocenters. The molecule has 0 heterocycles. The highest BCUT2D eigenvalue weighted by molar-refractivity contribution is 14.1. The SMILES string of the molecule is COc1cc2c(c(OC)c1)[C@]1(C)CC[C@H]3C(C)(C)[C@@H](I)CC[C@]3(C)C1CC2. The molecular formula is C24H35IO2. The van der Waals surface area contributed by atoms with Gasteiger partial charge in [-0.1, -0.05) is 50.3 Å². The minimum absolute atomic E-state index is 0.213. The van der Waals surface area contributed by atoms with Gasteiger partial charge in [-0.05, 0) is 78.2 Å². The van der Waals surface area contributed by atoms with E-state index < -0.39 is 0 Å². The number of ether oxygens (including phenoxy) is 2. The summed E-state index contributed by atoms with van der Waals surface area (Å²) in [6.45, 7) is 10.2. The zero-order valence-corrected chi connectivity index (χ0v) is 20.0. The summed E-state index contributed by atoms with van der Waals surface area (Å²) >= 11 is 2.73. The van der Waals surface area contributed by atoms with Crippen molar-refractivity contribution in [2.45, 2.75) is 75.6 Å². The fourth-order valence-corrected chi connectivity index (χ4v) is 8.28. The molecule has 3 aliphatic rings. The number of benzene rings is 1. The lowest BCUT2D eigenvalue weighted by Crippen LogP contribution is -2.59. The third kappa shape index (κ3) is 2.69. The molecular weight excluding hydrogens is 447 g/mol. The summed E-state index contributed by atoms with van der Waals surface area (Å²) < 4.78 is 12.3. The number of alkyl halides is 1. The molecule has 0 aliphatic heterocycles. The van der Waals surface area contributed by atoms with Gasteiger partial charge in [-0.3, -0.25) is 0 Å². The first kappa shape index (κ1) is 19.8. The van der Waals surface area contributed by atoms with E-state index in [0.717, 1.165) is 33.7 Å². The molecule has 1 unspecified atom stereocenters. The molecule has 1 aromatic rings. The van der Waals surface area contributed by atoms with E-state index >= 15 is 0 Å². The second-order valence-electron chi connectivity index (χ2n) is 10.3. The summed E-state index contributed by atoms with van der Waals surface area (Å²) in [5.74, 6) is 3.53. The van der Waals surface area contributed by atoms with E-state index in [-0.39, 0.29) is 5.41 Å². The Morgan fingerprint density at radius 2 is 1.67 bits per heavy atom. The normalized spacial score (nSPS) is 39.7. The topological polar surface area (TPSA) is 18.5 Å². The number of methoxy groups -OCH3 is 2. The van der Waals surface area contributed by atoms with Gasteiger partial charge in [-0.2, -0.15) is 0 Å².